The van der Waals surface area contributed by atoms with E-state index in [2.05, 4.69) is 33.5 Å². The Balaban J connectivity index is 1.22. The zero-order chi connectivity index (χ0) is 24.5. The predicted octanol–water partition coefficient (Wildman–Crippen LogP) is 4.62. The monoisotopic (exact) mass is 473 g/mol. The molecule has 8 heteroatoms. The fourth-order valence-corrected chi connectivity index (χ4v) is 4.68. The van der Waals surface area contributed by atoms with Crippen molar-refractivity contribution in [2.45, 2.75) is 40.3 Å². The van der Waals surface area contributed by atoms with Crippen LogP contribution in [0.1, 0.15) is 51.9 Å². The molecule has 1 unspecified atom stereocenters. The minimum atomic E-state index is -0.0164. The van der Waals surface area contributed by atoms with E-state index < -0.39 is 0 Å². The van der Waals surface area contributed by atoms with Gasteiger partial charge in [0.05, 0.1) is 24.4 Å². The van der Waals surface area contributed by atoms with E-state index >= 15 is 0 Å². The second-order valence-corrected chi connectivity index (χ2v) is 9.28. The summed E-state index contributed by atoms with van der Waals surface area (Å²) in [4.78, 5) is 22.2. The summed E-state index contributed by atoms with van der Waals surface area (Å²) in [5, 5.41) is 4.18. The van der Waals surface area contributed by atoms with Gasteiger partial charge in [0, 0.05) is 43.1 Å². The van der Waals surface area contributed by atoms with Crippen LogP contribution in [0.25, 0.3) is 11.4 Å². The van der Waals surface area contributed by atoms with Gasteiger partial charge in [0.1, 0.15) is 5.76 Å². The lowest BCUT2D eigenvalue weighted by molar-refractivity contribution is 0.0551. The quantitative estimate of drug-likeness (QED) is 0.406. The third-order valence-corrected chi connectivity index (χ3v) is 6.96. The fourth-order valence-electron chi connectivity index (χ4n) is 4.68. The number of benzene rings is 1. The third kappa shape index (κ3) is 4.66. The van der Waals surface area contributed by atoms with E-state index in [-0.39, 0.29) is 11.9 Å². The van der Waals surface area contributed by atoms with Crippen LogP contribution in [0.3, 0.4) is 0 Å². The maximum Gasteiger partial charge on any atom is 0.255 e. The summed E-state index contributed by atoms with van der Waals surface area (Å²) in [6.07, 6.45) is 1.67. The Hall–Kier alpha value is -3.65. The molecule has 1 aromatic carbocycles. The largest absolute Gasteiger partial charge is 0.467 e. The van der Waals surface area contributed by atoms with Crippen molar-refractivity contribution >= 4 is 5.91 Å². The van der Waals surface area contributed by atoms with Crippen LogP contribution in [0.5, 0.6) is 0 Å². The molecule has 0 bridgehead atoms. The summed E-state index contributed by atoms with van der Waals surface area (Å²) >= 11 is 0. The second kappa shape index (κ2) is 9.54. The van der Waals surface area contributed by atoms with E-state index in [4.69, 9.17) is 8.94 Å². The molecule has 0 saturated carbocycles. The zero-order valence-electron chi connectivity index (χ0n) is 20.7. The minimum absolute atomic E-state index is 0.0164. The lowest BCUT2D eigenvalue weighted by Gasteiger charge is -2.36. The highest BCUT2D eigenvalue weighted by atomic mass is 16.5. The van der Waals surface area contributed by atoms with Gasteiger partial charge in [-0.2, -0.15) is 4.98 Å². The van der Waals surface area contributed by atoms with Crippen LogP contribution in [-0.4, -0.2) is 56.6 Å². The van der Waals surface area contributed by atoms with E-state index in [1.807, 2.05) is 61.2 Å². The van der Waals surface area contributed by atoms with Gasteiger partial charge in [-0.3, -0.25) is 9.69 Å². The summed E-state index contributed by atoms with van der Waals surface area (Å²) in [5.74, 6) is 2.16. The van der Waals surface area contributed by atoms with Crippen LogP contribution >= 0.6 is 0 Å². The Morgan fingerprint density at radius 2 is 1.80 bits per heavy atom. The first kappa shape index (κ1) is 23.1. The molecule has 0 aliphatic carbocycles. The van der Waals surface area contributed by atoms with Gasteiger partial charge in [0.25, 0.3) is 5.91 Å². The molecule has 0 spiro atoms. The number of hydrogen-bond donors (Lipinski definition) is 0. The SMILES string of the molecule is Cc1ccc(-c2noc(C(C)N3CCN(C(=O)c4cc(C)n(Cc5ccco5)c4C)CC3)n2)cc1. The molecule has 1 aliphatic heterocycles. The van der Waals surface area contributed by atoms with Crippen molar-refractivity contribution in [3.05, 3.63) is 82.9 Å². The molecule has 5 rings (SSSR count). The smallest absolute Gasteiger partial charge is 0.255 e. The molecule has 3 aromatic heterocycles. The van der Waals surface area contributed by atoms with E-state index in [1.165, 1.54) is 5.56 Å². The van der Waals surface area contributed by atoms with E-state index in [0.717, 1.165) is 41.4 Å². The highest BCUT2D eigenvalue weighted by molar-refractivity contribution is 5.95. The van der Waals surface area contributed by atoms with Gasteiger partial charge < -0.3 is 18.4 Å². The molecule has 4 heterocycles. The average molecular weight is 474 g/mol. The van der Waals surface area contributed by atoms with Crippen LogP contribution in [-0.2, 0) is 6.54 Å². The number of piperazine rings is 1. The predicted molar refractivity (Wildman–Crippen MR) is 132 cm³/mol. The van der Waals surface area contributed by atoms with Crippen molar-refractivity contribution < 1.29 is 13.7 Å². The number of carbonyl (C=O) groups excluding carboxylic acids is 1. The molecule has 0 N–H and O–H groups in total. The first-order valence-corrected chi connectivity index (χ1v) is 12.0. The average Bonchev–Trinajstić information content (AvgIpc) is 3.62. The van der Waals surface area contributed by atoms with Crippen molar-refractivity contribution in [2.24, 2.45) is 0 Å². The zero-order valence-corrected chi connectivity index (χ0v) is 20.7. The topological polar surface area (TPSA) is 80.5 Å². The lowest BCUT2D eigenvalue weighted by Crippen LogP contribution is -2.49. The molecule has 1 fully saturated rings. The minimum Gasteiger partial charge on any atom is -0.467 e. The van der Waals surface area contributed by atoms with Crippen LogP contribution in [0, 0.1) is 20.8 Å². The van der Waals surface area contributed by atoms with E-state index in [1.54, 1.807) is 6.26 Å². The number of carbonyl (C=O) groups is 1. The molecule has 1 aliphatic rings. The summed E-state index contributed by atoms with van der Waals surface area (Å²) in [6, 6.07) is 13.9. The molecule has 1 amide bonds. The first-order valence-electron chi connectivity index (χ1n) is 12.0. The molecule has 1 saturated heterocycles. The standard InChI is InChI=1S/C27H31N5O3/c1-18-7-9-22(10-8-18)25-28-26(35-29-25)21(4)30-11-13-31(14-12-30)27(33)24-16-19(2)32(20(24)3)17-23-6-5-15-34-23/h5-10,15-16,21H,11-14,17H2,1-4H3. The summed E-state index contributed by atoms with van der Waals surface area (Å²) < 4.78 is 13.2. The summed E-state index contributed by atoms with van der Waals surface area (Å²) in [5.41, 5.74) is 4.91. The Bertz CT molecular complexity index is 1300. The van der Waals surface area contributed by atoms with Crippen molar-refractivity contribution in [1.29, 1.82) is 0 Å². The van der Waals surface area contributed by atoms with Gasteiger partial charge in [-0.25, -0.2) is 0 Å². The molecular formula is C27H31N5O3. The van der Waals surface area contributed by atoms with Gasteiger partial charge in [0.15, 0.2) is 0 Å². The van der Waals surface area contributed by atoms with Crippen molar-refractivity contribution in [3.63, 3.8) is 0 Å². The van der Waals surface area contributed by atoms with Gasteiger partial charge in [-0.05, 0) is 45.9 Å². The third-order valence-electron chi connectivity index (χ3n) is 6.96. The molecule has 182 valence electrons. The van der Waals surface area contributed by atoms with Gasteiger partial charge in [-0.1, -0.05) is 35.0 Å². The normalized spacial score (nSPS) is 15.5. The number of aryl methyl sites for hydroxylation is 2. The molecule has 35 heavy (non-hydrogen) atoms. The van der Waals surface area contributed by atoms with E-state index in [9.17, 15) is 4.79 Å². The van der Waals surface area contributed by atoms with Crippen LogP contribution in [0.15, 0.2) is 57.7 Å². The van der Waals surface area contributed by atoms with Crippen LogP contribution < -0.4 is 0 Å². The van der Waals surface area contributed by atoms with Gasteiger partial charge in [-0.15, -0.1) is 0 Å². The lowest BCUT2D eigenvalue weighted by atomic mass is 10.1. The van der Waals surface area contributed by atoms with Crippen LogP contribution in [0.2, 0.25) is 0 Å². The maximum atomic E-state index is 13.3. The van der Waals surface area contributed by atoms with Gasteiger partial charge >= 0.3 is 0 Å². The number of hydrogen-bond acceptors (Lipinski definition) is 6. The molecule has 0 radical (unpaired) electrons. The Morgan fingerprint density at radius 3 is 2.49 bits per heavy atom. The van der Waals surface area contributed by atoms with Crippen LogP contribution in [0.4, 0.5) is 0 Å². The number of nitrogens with zero attached hydrogens (tertiary/aromatic N) is 5. The first-order chi connectivity index (χ1) is 16.9. The Morgan fingerprint density at radius 1 is 1.06 bits per heavy atom. The number of aromatic nitrogens is 3. The summed E-state index contributed by atoms with van der Waals surface area (Å²) in [7, 11) is 0. The van der Waals surface area contributed by atoms with E-state index in [0.29, 0.717) is 31.3 Å². The van der Waals surface area contributed by atoms with Gasteiger partial charge in [0.2, 0.25) is 11.7 Å². The molecule has 8 nitrogen and oxygen atoms in total. The number of rotatable bonds is 6. The number of furan rings is 1. The molecule has 4 aromatic rings. The second-order valence-electron chi connectivity index (χ2n) is 9.28. The Labute approximate surface area is 205 Å². The van der Waals surface area contributed by atoms with Crippen molar-refractivity contribution in [2.75, 3.05) is 26.2 Å². The van der Waals surface area contributed by atoms with Crippen molar-refractivity contribution in [3.8, 4) is 11.4 Å². The number of amides is 1. The van der Waals surface area contributed by atoms with Crippen molar-refractivity contribution in [1.82, 2.24) is 24.5 Å². The Kier molecular flexibility index (Phi) is 6.30. The molecule has 1 atom stereocenters. The summed E-state index contributed by atoms with van der Waals surface area (Å²) in [6.45, 7) is 11.6. The fraction of sp³-hybridized carbons (Fsp3) is 0.370. The highest BCUT2D eigenvalue weighted by Crippen LogP contribution is 2.25. The highest BCUT2D eigenvalue weighted by Gasteiger charge is 2.29. The maximum absolute atomic E-state index is 13.3. The molecular weight excluding hydrogens is 442 g/mol.